The highest BCUT2D eigenvalue weighted by Gasteiger charge is 2.19. The molecule has 0 radical (unpaired) electrons. The first kappa shape index (κ1) is 64.6. The fourth-order valence-electron chi connectivity index (χ4n) is 7.85. The first-order chi connectivity index (χ1) is 33.5. The fourth-order valence-corrected chi connectivity index (χ4v) is 7.85. The van der Waals surface area contributed by atoms with Gasteiger partial charge in [-0.1, -0.05) is 241 Å². The minimum Gasteiger partial charge on any atom is -0.462 e. The molecule has 0 spiro atoms. The van der Waals surface area contributed by atoms with Crippen LogP contribution in [0.15, 0.2) is 85.1 Å². The molecule has 0 heterocycles. The summed E-state index contributed by atoms with van der Waals surface area (Å²) in [7, 11) is 0. The maximum absolute atomic E-state index is 12.8. The van der Waals surface area contributed by atoms with Crippen molar-refractivity contribution in [3.05, 3.63) is 85.1 Å². The van der Waals surface area contributed by atoms with Crippen molar-refractivity contribution in [1.82, 2.24) is 0 Å². The maximum atomic E-state index is 12.8. The van der Waals surface area contributed by atoms with Crippen LogP contribution in [-0.2, 0) is 28.6 Å². The van der Waals surface area contributed by atoms with E-state index in [2.05, 4.69) is 106 Å². The third-order valence-corrected chi connectivity index (χ3v) is 12.1. The van der Waals surface area contributed by atoms with Crippen LogP contribution in [-0.4, -0.2) is 37.2 Å². The smallest absolute Gasteiger partial charge is 0.306 e. The highest BCUT2D eigenvalue weighted by atomic mass is 16.6. The molecule has 0 saturated heterocycles. The van der Waals surface area contributed by atoms with E-state index in [1.165, 1.54) is 128 Å². The molecule has 0 aromatic heterocycles. The van der Waals surface area contributed by atoms with Gasteiger partial charge in [-0.05, 0) is 96.3 Å². The molecular weight excluding hydrogens is 841 g/mol. The number of unbranched alkanes of at least 4 members (excludes halogenated alkanes) is 26. The van der Waals surface area contributed by atoms with Crippen LogP contribution in [0.25, 0.3) is 0 Å². The van der Waals surface area contributed by atoms with Gasteiger partial charge in [-0.3, -0.25) is 14.4 Å². The molecule has 390 valence electrons. The number of hydrogen-bond acceptors (Lipinski definition) is 6. The summed E-state index contributed by atoms with van der Waals surface area (Å²) in [5.74, 6) is -0.919. The number of hydrogen-bond donors (Lipinski definition) is 0. The second-order valence-corrected chi connectivity index (χ2v) is 18.8. The van der Waals surface area contributed by atoms with Crippen LogP contribution in [0.2, 0.25) is 0 Å². The number of carbonyl (C=O) groups excluding carboxylic acids is 3. The van der Waals surface area contributed by atoms with Crippen molar-refractivity contribution in [3.8, 4) is 0 Å². The summed E-state index contributed by atoms with van der Waals surface area (Å²) in [4.78, 5) is 38.1. The van der Waals surface area contributed by atoms with E-state index in [4.69, 9.17) is 14.2 Å². The molecule has 0 amide bonds. The first-order valence-electron chi connectivity index (χ1n) is 28.6. The average molecular weight is 948 g/mol. The Labute approximate surface area is 420 Å². The SMILES string of the molecule is CC/C=C\C/C=C\C/C=C\C/C=C\C/C=C\CCCCCC(=O)OC[C@H](COC(=O)CCCCCCCCCCC/C=C\C/C=C\CCCCC)OC(=O)CCCCCCCCCCCCCC. The highest BCUT2D eigenvalue weighted by Crippen LogP contribution is 2.15. The third-order valence-electron chi connectivity index (χ3n) is 12.1. The second-order valence-electron chi connectivity index (χ2n) is 18.8. The van der Waals surface area contributed by atoms with Crippen molar-refractivity contribution in [2.75, 3.05) is 13.2 Å². The number of allylic oxidation sites excluding steroid dienone is 14. The van der Waals surface area contributed by atoms with Gasteiger partial charge in [-0.15, -0.1) is 0 Å². The Hall–Kier alpha value is -3.41. The van der Waals surface area contributed by atoms with E-state index in [9.17, 15) is 14.4 Å². The van der Waals surface area contributed by atoms with E-state index in [1.807, 2.05) is 0 Å². The van der Waals surface area contributed by atoms with Gasteiger partial charge < -0.3 is 14.2 Å². The van der Waals surface area contributed by atoms with Crippen LogP contribution in [0.3, 0.4) is 0 Å². The zero-order valence-corrected chi connectivity index (χ0v) is 44.6. The summed E-state index contributed by atoms with van der Waals surface area (Å²) in [5.41, 5.74) is 0. The Kier molecular flexibility index (Phi) is 53.4. The van der Waals surface area contributed by atoms with Crippen molar-refractivity contribution in [1.29, 1.82) is 0 Å². The molecule has 0 fully saturated rings. The molecule has 0 aromatic rings. The van der Waals surface area contributed by atoms with Gasteiger partial charge in [0.15, 0.2) is 6.10 Å². The lowest BCUT2D eigenvalue weighted by Gasteiger charge is -2.18. The summed E-state index contributed by atoms with van der Waals surface area (Å²) in [6.45, 7) is 6.48. The molecule has 0 aliphatic rings. The Bertz CT molecular complexity index is 1320. The zero-order chi connectivity index (χ0) is 49.3. The standard InChI is InChI=1S/C62H106O6/c1-4-7-10-13-16-19-22-25-27-29-31-33-35-37-40-42-45-48-51-54-60(63)66-57-59(68-62(65)56-53-50-47-44-39-24-21-18-15-12-9-6-3)58-67-61(64)55-52-49-46-43-41-38-36-34-32-30-28-26-23-20-17-14-11-8-5-2/h7,10,16-17,19-20,25-28,31,33,37,40,59H,4-6,8-9,11-15,18,21-24,29-30,32,34-36,38-39,41-58H2,1-3H3/b10-7-,19-16-,20-17-,27-25-,28-26-,33-31-,40-37-/t59-/m1/s1. The van der Waals surface area contributed by atoms with Crippen LogP contribution >= 0.6 is 0 Å². The van der Waals surface area contributed by atoms with E-state index < -0.39 is 6.10 Å². The Morgan fingerprint density at radius 1 is 0.309 bits per heavy atom. The number of carbonyl (C=O) groups is 3. The Balaban J connectivity index is 4.40. The van der Waals surface area contributed by atoms with Crippen molar-refractivity contribution < 1.29 is 28.6 Å². The minimum absolute atomic E-state index is 0.0878. The van der Waals surface area contributed by atoms with Crippen LogP contribution < -0.4 is 0 Å². The summed E-state index contributed by atoms with van der Waals surface area (Å²) in [6.07, 6.45) is 72.8. The van der Waals surface area contributed by atoms with E-state index in [-0.39, 0.29) is 31.1 Å². The van der Waals surface area contributed by atoms with E-state index in [0.29, 0.717) is 19.3 Å². The van der Waals surface area contributed by atoms with Gasteiger partial charge in [0.25, 0.3) is 0 Å². The zero-order valence-electron chi connectivity index (χ0n) is 44.6. The lowest BCUT2D eigenvalue weighted by molar-refractivity contribution is -0.167. The summed E-state index contributed by atoms with van der Waals surface area (Å²) < 4.78 is 16.8. The molecule has 0 aromatic carbocycles. The van der Waals surface area contributed by atoms with E-state index in [1.54, 1.807) is 0 Å². The molecule has 6 nitrogen and oxygen atoms in total. The van der Waals surface area contributed by atoms with E-state index >= 15 is 0 Å². The number of rotatable bonds is 51. The third kappa shape index (κ3) is 53.5. The monoisotopic (exact) mass is 947 g/mol. The lowest BCUT2D eigenvalue weighted by Crippen LogP contribution is -2.30. The largest absolute Gasteiger partial charge is 0.462 e. The Morgan fingerprint density at radius 3 is 0.941 bits per heavy atom. The summed E-state index contributed by atoms with van der Waals surface area (Å²) in [6, 6.07) is 0. The second kappa shape index (κ2) is 56.2. The van der Waals surface area contributed by atoms with E-state index in [0.717, 1.165) is 103 Å². The van der Waals surface area contributed by atoms with Crippen LogP contribution in [0.5, 0.6) is 0 Å². The maximum Gasteiger partial charge on any atom is 0.306 e. The quantitative estimate of drug-likeness (QED) is 0.0262. The highest BCUT2D eigenvalue weighted by molar-refractivity contribution is 5.71. The molecule has 0 saturated carbocycles. The first-order valence-corrected chi connectivity index (χ1v) is 28.6. The van der Waals surface area contributed by atoms with Crippen molar-refractivity contribution in [2.45, 2.75) is 277 Å². The van der Waals surface area contributed by atoms with Crippen molar-refractivity contribution >= 4 is 17.9 Å². The normalized spacial score (nSPS) is 12.7. The van der Waals surface area contributed by atoms with Gasteiger partial charge in [-0.25, -0.2) is 0 Å². The van der Waals surface area contributed by atoms with Crippen molar-refractivity contribution in [3.63, 3.8) is 0 Å². The molecular formula is C62H106O6. The van der Waals surface area contributed by atoms with Gasteiger partial charge in [-0.2, -0.15) is 0 Å². The fraction of sp³-hybridized carbons (Fsp3) is 0.726. The van der Waals surface area contributed by atoms with Gasteiger partial charge in [0, 0.05) is 19.3 Å². The molecule has 0 bridgehead atoms. The van der Waals surface area contributed by atoms with Crippen LogP contribution in [0.4, 0.5) is 0 Å². The molecule has 68 heavy (non-hydrogen) atoms. The predicted molar refractivity (Wildman–Crippen MR) is 293 cm³/mol. The van der Waals surface area contributed by atoms with Gasteiger partial charge in [0.1, 0.15) is 13.2 Å². The number of ether oxygens (including phenoxy) is 3. The summed E-state index contributed by atoms with van der Waals surface area (Å²) in [5, 5.41) is 0. The molecule has 0 aliphatic heterocycles. The molecule has 1 atom stereocenters. The summed E-state index contributed by atoms with van der Waals surface area (Å²) >= 11 is 0. The lowest BCUT2D eigenvalue weighted by atomic mass is 10.0. The number of esters is 3. The van der Waals surface area contributed by atoms with Gasteiger partial charge >= 0.3 is 17.9 Å². The van der Waals surface area contributed by atoms with Crippen LogP contribution in [0.1, 0.15) is 271 Å². The molecule has 0 rings (SSSR count). The average Bonchev–Trinajstić information content (AvgIpc) is 3.34. The Morgan fingerprint density at radius 2 is 0.574 bits per heavy atom. The molecule has 0 unspecified atom stereocenters. The topological polar surface area (TPSA) is 78.9 Å². The molecule has 0 N–H and O–H groups in total. The molecule has 6 heteroatoms. The van der Waals surface area contributed by atoms with Gasteiger partial charge in [0.2, 0.25) is 0 Å². The molecule has 0 aliphatic carbocycles. The van der Waals surface area contributed by atoms with Crippen molar-refractivity contribution in [2.24, 2.45) is 0 Å². The minimum atomic E-state index is -0.790. The van der Waals surface area contributed by atoms with Crippen LogP contribution in [0, 0.1) is 0 Å². The predicted octanol–water partition coefficient (Wildman–Crippen LogP) is 19.2. The van der Waals surface area contributed by atoms with Gasteiger partial charge in [0.05, 0.1) is 0 Å².